The van der Waals surface area contributed by atoms with Crippen LogP contribution in [-0.2, 0) is 6.42 Å². The number of hydrogen-bond donors (Lipinski definition) is 1. The predicted molar refractivity (Wildman–Crippen MR) is 69.4 cm³/mol. The Morgan fingerprint density at radius 2 is 1.78 bits per heavy atom. The van der Waals surface area contributed by atoms with E-state index in [4.69, 9.17) is 5.73 Å². The first-order valence-electron chi connectivity index (χ1n) is 6.01. The molecule has 0 aliphatic carbocycles. The highest BCUT2D eigenvalue weighted by Crippen LogP contribution is 2.15. The second-order valence-electron chi connectivity index (χ2n) is 4.29. The first-order valence-corrected chi connectivity index (χ1v) is 6.01. The van der Waals surface area contributed by atoms with Crippen molar-refractivity contribution in [2.45, 2.75) is 25.8 Å². The van der Waals surface area contributed by atoms with Gasteiger partial charge < -0.3 is 5.73 Å². The van der Waals surface area contributed by atoms with E-state index >= 15 is 0 Å². The quantitative estimate of drug-likeness (QED) is 0.900. The van der Waals surface area contributed by atoms with E-state index in [1.54, 1.807) is 24.5 Å². The van der Waals surface area contributed by atoms with Crippen LogP contribution < -0.4 is 5.73 Å². The van der Waals surface area contributed by atoms with Crippen molar-refractivity contribution in [3.8, 4) is 11.4 Å². The normalized spacial score (nSPS) is 12.4. The van der Waals surface area contributed by atoms with Crippen LogP contribution in [0.3, 0.4) is 0 Å². The molecular weight excluding hydrogens is 229 g/mol. The largest absolute Gasteiger partial charge is 0.327 e. The molecule has 0 fully saturated rings. The zero-order valence-corrected chi connectivity index (χ0v) is 10.3. The fourth-order valence-corrected chi connectivity index (χ4v) is 1.66. The Morgan fingerprint density at radius 1 is 1.17 bits per heavy atom. The minimum atomic E-state index is -0.260. The van der Waals surface area contributed by atoms with Crippen LogP contribution in [0.4, 0.5) is 4.39 Å². The lowest BCUT2D eigenvalue weighted by molar-refractivity contribution is 0.628. The van der Waals surface area contributed by atoms with Crippen LogP contribution in [0.5, 0.6) is 0 Å². The molecule has 0 aliphatic rings. The molecule has 1 atom stereocenters. The van der Waals surface area contributed by atoms with Gasteiger partial charge in [-0.1, -0.05) is 6.92 Å². The lowest BCUT2D eigenvalue weighted by atomic mass is 10.1. The predicted octanol–water partition coefficient (Wildman–Crippen LogP) is 2.56. The van der Waals surface area contributed by atoms with Crippen LogP contribution in [0.25, 0.3) is 11.4 Å². The molecule has 4 heteroatoms. The summed E-state index contributed by atoms with van der Waals surface area (Å²) in [5.41, 5.74) is 7.71. The standard InChI is InChI=1S/C14H16FN3/c1-2-13(16)7-10-8-17-14(18-9-10)11-3-5-12(15)6-4-11/h3-6,8-9,13H,2,7,16H2,1H3. The Labute approximate surface area is 106 Å². The Hall–Kier alpha value is -1.81. The van der Waals surface area contributed by atoms with Gasteiger partial charge in [-0.3, -0.25) is 0 Å². The molecule has 1 aromatic heterocycles. The van der Waals surface area contributed by atoms with Crippen molar-refractivity contribution in [2.24, 2.45) is 5.73 Å². The van der Waals surface area contributed by atoms with E-state index in [2.05, 4.69) is 16.9 Å². The maximum Gasteiger partial charge on any atom is 0.159 e. The molecule has 1 aromatic carbocycles. The first kappa shape index (κ1) is 12.6. The molecule has 18 heavy (non-hydrogen) atoms. The van der Waals surface area contributed by atoms with Crippen LogP contribution >= 0.6 is 0 Å². The van der Waals surface area contributed by atoms with Crippen LogP contribution in [-0.4, -0.2) is 16.0 Å². The van der Waals surface area contributed by atoms with E-state index < -0.39 is 0 Å². The Kier molecular flexibility index (Phi) is 3.99. The molecule has 0 amide bonds. The molecule has 0 aliphatic heterocycles. The highest BCUT2D eigenvalue weighted by molar-refractivity contribution is 5.54. The molecule has 0 saturated heterocycles. The third-order valence-corrected chi connectivity index (χ3v) is 2.83. The van der Waals surface area contributed by atoms with Crippen molar-refractivity contribution >= 4 is 0 Å². The highest BCUT2D eigenvalue weighted by atomic mass is 19.1. The van der Waals surface area contributed by atoms with Crippen molar-refractivity contribution < 1.29 is 4.39 Å². The van der Waals surface area contributed by atoms with E-state index in [1.807, 2.05) is 0 Å². The smallest absolute Gasteiger partial charge is 0.159 e. The van der Waals surface area contributed by atoms with Gasteiger partial charge in [0, 0.05) is 24.0 Å². The number of benzene rings is 1. The van der Waals surface area contributed by atoms with E-state index in [9.17, 15) is 4.39 Å². The van der Waals surface area contributed by atoms with Gasteiger partial charge >= 0.3 is 0 Å². The number of rotatable bonds is 4. The lowest BCUT2D eigenvalue weighted by Gasteiger charge is -2.08. The van der Waals surface area contributed by atoms with Gasteiger partial charge in [-0.2, -0.15) is 0 Å². The zero-order chi connectivity index (χ0) is 13.0. The monoisotopic (exact) mass is 245 g/mol. The van der Waals surface area contributed by atoms with E-state index in [0.717, 1.165) is 24.0 Å². The van der Waals surface area contributed by atoms with Crippen LogP contribution in [0.1, 0.15) is 18.9 Å². The summed E-state index contributed by atoms with van der Waals surface area (Å²) < 4.78 is 12.8. The van der Waals surface area contributed by atoms with Crippen LogP contribution in [0.2, 0.25) is 0 Å². The molecule has 3 nitrogen and oxygen atoms in total. The van der Waals surface area contributed by atoms with Gasteiger partial charge in [-0.15, -0.1) is 0 Å². The highest BCUT2D eigenvalue weighted by Gasteiger charge is 2.04. The summed E-state index contributed by atoms with van der Waals surface area (Å²) in [6.45, 7) is 2.05. The number of nitrogens with zero attached hydrogens (tertiary/aromatic N) is 2. The maximum atomic E-state index is 12.8. The van der Waals surface area contributed by atoms with E-state index in [-0.39, 0.29) is 11.9 Å². The van der Waals surface area contributed by atoms with Gasteiger partial charge in [0.2, 0.25) is 0 Å². The number of halogens is 1. The number of hydrogen-bond acceptors (Lipinski definition) is 3. The minimum absolute atomic E-state index is 0.144. The van der Waals surface area contributed by atoms with Gasteiger partial charge in [0.05, 0.1) is 0 Å². The molecule has 2 N–H and O–H groups in total. The lowest BCUT2D eigenvalue weighted by Crippen LogP contribution is -2.21. The molecule has 1 unspecified atom stereocenters. The van der Waals surface area contributed by atoms with Gasteiger partial charge in [0.15, 0.2) is 5.82 Å². The average Bonchev–Trinajstić information content (AvgIpc) is 2.40. The Morgan fingerprint density at radius 3 is 2.33 bits per heavy atom. The van der Waals surface area contributed by atoms with E-state index in [0.29, 0.717) is 5.82 Å². The summed E-state index contributed by atoms with van der Waals surface area (Å²) in [5.74, 6) is 0.341. The van der Waals surface area contributed by atoms with Gasteiger partial charge in [0.25, 0.3) is 0 Å². The average molecular weight is 245 g/mol. The summed E-state index contributed by atoms with van der Waals surface area (Å²) in [7, 11) is 0. The third-order valence-electron chi connectivity index (χ3n) is 2.83. The zero-order valence-electron chi connectivity index (χ0n) is 10.3. The fourth-order valence-electron chi connectivity index (χ4n) is 1.66. The van der Waals surface area contributed by atoms with Crippen molar-refractivity contribution in [3.05, 3.63) is 48.0 Å². The first-order chi connectivity index (χ1) is 8.69. The summed E-state index contributed by atoms with van der Waals surface area (Å²) >= 11 is 0. The second-order valence-corrected chi connectivity index (χ2v) is 4.29. The number of nitrogens with two attached hydrogens (primary N) is 1. The Balaban J connectivity index is 2.14. The van der Waals surface area contributed by atoms with Crippen molar-refractivity contribution in [1.29, 1.82) is 0 Å². The third kappa shape index (κ3) is 3.11. The van der Waals surface area contributed by atoms with Gasteiger partial charge in [-0.25, -0.2) is 14.4 Å². The molecule has 0 spiro atoms. The molecular formula is C14H16FN3. The van der Waals surface area contributed by atoms with Gasteiger partial charge in [0.1, 0.15) is 5.82 Å². The van der Waals surface area contributed by atoms with Gasteiger partial charge in [-0.05, 0) is 42.7 Å². The van der Waals surface area contributed by atoms with Crippen LogP contribution in [0.15, 0.2) is 36.7 Å². The molecule has 0 saturated carbocycles. The fraction of sp³-hybridized carbons (Fsp3) is 0.286. The SMILES string of the molecule is CCC(N)Cc1cnc(-c2ccc(F)cc2)nc1. The van der Waals surface area contributed by atoms with Crippen LogP contribution in [0, 0.1) is 5.82 Å². The molecule has 1 heterocycles. The molecule has 0 radical (unpaired) electrons. The topological polar surface area (TPSA) is 51.8 Å². The molecule has 2 aromatic rings. The minimum Gasteiger partial charge on any atom is -0.327 e. The maximum absolute atomic E-state index is 12.8. The molecule has 2 rings (SSSR count). The molecule has 94 valence electrons. The Bertz CT molecular complexity index is 493. The summed E-state index contributed by atoms with van der Waals surface area (Å²) in [6.07, 6.45) is 5.27. The van der Waals surface area contributed by atoms with Crippen molar-refractivity contribution in [3.63, 3.8) is 0 Å². The summed E-state index contributed by atoms with van der Waals surface area (Å²) in [5, 5.41) is 0. The summed E-state index contributed by atoms with van der Waals surface area (Å²) in [4.78, 5) is 8.55. The summed E-state index contributed by atoms with van der Waals surface area (Å²) in [6, 6.07) is 6.29. The molecule has 0 bridgehead atoms. The van der Waals surface area contributed by atoms with E-state index in [1.165, 1.54) is 12.1 Å². The second kappa shape index (κ2) is 5.69. The number of aromatic nitrogens is 2. The van der Waals surface area contributed by atoms with Crippen molar-refractivity contribution in [1.82, 2.24) is 9.97 Å². The van der Waals surface area contributed by atoms with Crippen molar-refractivity contribution in [2.75, 3.05) is 0 Å².